The molecule has 3 heteroatoms. The Morgan fingerprint density at radius 3 is 3.00 bits per heavy atom. The molecule has 56 valence electrons. The predicted molar refractivity (Wildman–Crippen MR) is 37.5 cm³/mol. The number of fused-ring (bicyclic) bond motifs is 1. The highest BCUT2D eigenvalue weighted by Crippen LogP contribution is 2.37. The van der Waals surface area contributed by atoms with Crippen LogP contribution in [0.5, 0.6) is 0 Å². The summed E-state index contributed by atoms with van der Waals surface area (Å²) in [5, 5.41) is 1.96. The van der Waals surface area contributed by atoms with Gasteiger partial charge < -0.3 is 9.74 Å². The van der Waals surface area contributed by atoms with Crippen molar-refractivity contribution in [1.29, 1.82) is 0 Å². The van der Waals surface area contributed by atoms with Gasteiger partial charge in [0.15, 0.2) is 0 Å². The molecule has 2 rings (SSSR count). The van der Waals surface area contributed by atoms with Gasteiger partial charge in [-0.1, -0.05) is 13.3 Å². The van der Waals surface area contributed by atoms with Crippen LogP contribution in [0.15, 0.2) is 12.1 Å². The van der Waals surface area contributed by atoms with Gasteiger partial charge in [-0.15, -0.1) is 5.06 Å². The second-order valence-electron chi connectivity index (χ2n) is 2.82. The lowest BCUT2D eigenvalue weighted by atomic mass is 10.3. The minimum Gasteiger partial charge on any atom is -0.353 e. The number of hydrogen-bond donors (Lipinski definition) is 0. The third-order valence-corrected chi connectivity index (χ3v) is 1.98. The maximum Gasteiger partial charge on any atom is 0.273 e. The highest BCUT2D eigenvalue weighted by atomic mass is 16.8. The molecule has 0 bridgehead atoms. The molecule has 0 N–H and O–H groups in total. The molecule has 1 fully saturated rings. The second-order valence-corrected chi connectivity index (χ2v) is 2.82. The van der Waals surface area contributed by atoms with Gasteiger partial charge in [-0.05, 0) is 6.42 Å². The summed E-state index contributed by atoms with van der Waals surface area (Å²) in [6.07, 6.45) is 4.90. The monoisotopic (exact) mass is 140 g/mol. The largest absolute Gasteiger partial charge is 0.353 e. The summed E-state index contributed by atoms with van der Waals surface area (Å²) in [4.78, 5) is 7.34. The summed E-state index contributed by atoms with van der Waals surface area (Å²) < 4.78 is 0. The topological polar surface area (TPSA) is 18.8 Å². The Bertz CT molecular complexity index is 178. The predicted octanol–water partition coefficient (Wildman–Crippen LogP) is 1.10. The average molecular weight is 140 g/mol. The van der Waals surface area contributed by atoms with E-state index in [0.717, 1.165) is 5.88 Å². The maximum atomic E-state index is 5.14. The first-order valence-corrected chi connectivity index (χ1v) is 3.74. The fourth-order valence-electron chi connectivity index (χ4n) is 1.37. The van der Waals surface area contributed by atoms with Crippen LogP contribution >= 0.6 is 0 Å². The molecule has 1 saturated heterocycles. The van der Waals surface area contributed by atoms with Gasteiger partial charge >= 0.3 is 0 Å². The molecule has 10 heavy (non-hydrogen) atoms. The van der Waals surface area contributed by atoms with Gasteiger partial charge in [0.2, 0.25) is 0 Å². The SMILES string of the molecule is CCCC1N(C)C=C2ON21. The first kappa shape index (κ1) is 5.89. The zero-order valence-corrected chi connectivity index (χ0v) is 6.37. The first-order valence-electron chi connectivity index (χ1n) is 3.74. The number of rotatable bonds is 2. The molecule has 0 amide bonds. The van der Waals surface area contributed by atoms with Crippen molar-refractivity contribution in [2.24, 2.45) is 0 Å². The molecule has 0 saturated carbocycles. The molecule has 2 aliphatic heterocycles. The van der Waals surface area contributed by atoms with Gasteiger partial charge in [0.25, 0.3) is 5.88 Å². The van der Waals surface area contributed by atoms with Crippen molar-refractivity contribution in [1.82, 2.24) is 9.96 Å². The van der Waals surface area contributed by atoms with Crippen LogP contribution in [-0.4, -0.2) is 23.2 Å². The van der Waals surface area contributed by atoms with Crippen LogP contribution in [0.4, 0.5) is 0 Å². The number of hydrogen-bond acceptors (Lipinski definition) is 3. The third kappa shape index (κ3) is 0.664. The van der Waals surface area contributed by atoms with Crippen molar-refractivity contribution >= 4 is 0 Å². The van der Waals surface area contributed by atoms with Crippen LogP contribution in [0.3, 0.4) is 0 Å². The molecule has 2 heterocycles. The van der Waals surface area contributed by atoms with Crippen molar-refractivity contribution < 1.29 is 4.84 Å². The van der Waals surface area contributed by atoms with Gasteiger partial charge in [0, 0.05) is 7.05 Å². The summed E-state index contributed by atoms with van der Waals surface area (Å²) in [6, 6.07) is 0. The molecule has 0 aromatic heterocycles. The van der Waals surface area contributed by atoms with Crippen molar-refractivity contribution in [3.63, 3.8) is 0 Å². The van der Waals surface area contributed by atoms with Crippen LogP contribution in [0, 0.1) is 0 Å². The van der Waals surface area contributed by atoms with Crippen LogP contribution in [0.1, 0.15) is 19.8 Å². The Balaban J connectivity index is 1.99. The molecule has 1 unspecified atom stereocenters. The highest BCUT2D eigenvalue weighted by Gasteiger charge is 2.44. The van der Waals surface area contributed by atoms with E-state index < -0.39 is 0 Å². The number of hydroxylamine groups is 2. The molecule has 3 nitrogen and oxygen atoms in total. The molecule has 2 aliphatic rings. The molecule has 0 aromatic rings. The lowest BCUT2D eigenvalue weighted by molar-refractivity contribution is 0.0625. The van der Waals surface area contributed by atoms with Crippen molar-refractivity contribution in [2.75, 3.05) is 7.05 Å². The van der Waals surface area contributed by atoms with E-state index in [1.165, 1.54) is 12.8 Å². The minimum atomic E-state index is 0.472. The van der Waals surface area contributed by atoms with Gasteiger partial charge in [0.1, 0.15) is 6.17 Å². The van der Waals surface area contributed by atoms with Crippen molar-refractivity contribution in [3.8, 4) is 0 Å². The Kier molecular flexibility index (Phi) is 1.07. The van der Waals surface area contributed by atoms with Crippen LogP contribution in [0.25, 0.3) is 0 Å². The van der Waals surface area contributed by atoms with Crippen LogP contribution in [0.2, 0.25) is 0 Å². The second kappa shape index (κ2) is 1.81. The van der Waals surface area contributed by atoms with E-state index in [2.05, 4.69) is 18.9 Å². The lowest BCUT2D eigenvalue weighted by Crippen LogP contribution is -2.29. The van der Waals surface area contributed by atoms with E-state index in [0.29, 0.717) is 6.17 Å². The summed E-state index contributed by atoms with van der Waals surface area (Å²) in [6.45, 7) is 2.19. The molecule has 0 aliphatic carbocycles. The molecule has 0 spiro atoms. The summed E-state index contributed by atoms with van der Waals surface area (Å²) in [5.74, 6) is 1.03. The zero-order valence-electron chi connectivity index (χ0n) is 6.37. The summed E-state index contributed by atoms with van der Waals surface area (Å²) >= 11 is 0. The van der Waals surface area contributed by atoms with Gasteiger partial charge in [-0.3, -0.25) is 0 Å². The fourth-order valence-corrected chi connectivity index (χ4v) is 1.37. The molecular weight excluding hydrogens is 128 g/mol. The molecule has 0 radical (unpaired) electrons. The minimum absolute atomic E-state index is 0.472. The smallest absolute Gasteiger partial charge is 0.273 e. The maximum absolute atomic E-state index is 5.14. The van der Waals surface area contributed by atoms with Crippen LogP contribution < -0.4 is 0 Å². The Morgan fingerprint density at radius 1 is 1.70 bits per heavy atom. The quantitative estimate of drug-likeness (QED) is 0.535. The normalized spacial score (nSPS) is 27.8. The lowest BCUT2D eigenvalue weighted by Gasteiger charge is -2.20. The van der Waals surface area contributed by atoms with E-state index in [-0.39, 0.29) is 0 Å². The van der Waals surface area contributed by atoms with Gasteiger partial charge in [-0.2, -0.15) is 0 Å². The van der Waals surface area contributed by atoms with Gasteiger partial charge in [0.05, 0.1) is 6.20 Å². The zero-order chi connectivity index (χ0) is 7.14. The summed E-state index contributed by atoms with van der Waals surface area (Å²) in [7, 11) is 2.09. The van der Waals surface area contributed by atoms with E-state index in [1.807, 2.05) is 11.3 Å². The molecule has 0 aromatic carbocycles. The van der Waals surface area contributed by atoms with E-state index in [1.54, 1.807) is 0 Å². The third-order valence-electron chi connectivity index (χ3n) is 1.98. The first-order chi connectivity index (χ1) is 4.83. The Labute approximate surface area is 60.8 Å². The fraction of sp³-hybridized carbons (Fsp3) is 0.714. The standard InChI is InChI=1S/C7H12N2O/c1-3-4-6-8(2)5-7-9(6)10-7/h5-6H,3-4H2,1-2H3. The van der Waals surface area contributed by atoms with Crippen molar-refractivity contribution in [2.45, 2.75) is 25.9 Å². The Hall–Kier alpha value is -0.860. The van der Waals surface area contributed by atoms with Crippen LogP contribution in [-0.2, 0) is 4.84 Å². The molecular formula is C7H12N2O. The van der Waals surface area contributed by atoms with E-state index in [9.17, 15) is 0 Å². The van der Waals surface area contributed by atoms with Crippen molar-refractivity contribution in [3.05, 3.63) is 12.1 Å². The molecule has 1 atom stereocenters. The van der Waals surface area contributed by atoms with E-state index in [4.69, 9.17) is 4.84 Å². The highest BCUT2D eigenvalue weighted by molar-refractivity contribution is 5.08. The number of nitrogens with zero attached hydrogens (tertiary/aromatic N) is 2. The van der Waals surface area contributed by atoms with E-state index >= 15 is 0 Å². The Morgan fingerprint density at radius 2 is 2.50 bits per heavy atom. The summed E-state index contributed by atoms with van der Waals surface area (Å²) in [5.41, 5.74) is 0. The average Bonchev–Trinajstić information content (AvgIpc) is 2.57. The van der Waals surface area contributed by atoms with Gasteiger partial charge in [-0.25, -0.2) is 0 Å².